The van der Waals surface area contributed by atoms with Crippen molar-refractivity contribution in [1.82, 2.24) is 0 Å². The third-order valence-electron chi connectivity index (χ3n) is 3.65. The van der Waals surface area contributed by atoms with E-state index in [1.54, 1.807) is 48.5 Å². The number of anilines is 2. The van der Waals surface area contributed by atoms with Crippen LogP contribution in [0.25, 0.3) is 0 Å². The highest BCUT2D eigenvalue weighted by molar-refractivity contribution is 6.10. The van der Waals surface area contributed by atoms with Gasteiger partial charge < -0.3 is 20.1 Å². The highest BCUT2D eigenvalue weighted by Crippen LogP contribution is 2.20. The van der Waals surface area contributed by atoms with Gasteiger partial charge >= 0.3 is 5.97 Å². The van der Waals surface area contributed by atoms with E-state index in [9.17, 15) is 14.4 Å². The third kappa shape index (κ3) is 6.14. The third-order valence-corrected chi connectivity index (χ3v) is 3.65. The maximum Gasteiger partial charge on any atom is 0.306 e. The van der Waals surface area contributed by atoms with Gasteiger partial charge in [0.25, 0.3) is 5.91 Å². The van der Waals surface area contributed by atoms with Crippen molar-refractivity contribution in [3.8, 4) is 5.75 Å². The minimum atomic E-state index is -0.466. The molecule has 2 aromatic carbocycles. The first kappa shape index (κ1) is 20.0. The monoisotopic (exact) mass is 370 g/mol. The summed E-state index contributed by atoms with van der Waals surface area (Å²) in [6.45, 7) is 2.46. The van der Waals surface area contributed by atoms with Gasteiger partial charge in [0.15, 0.2) is 0 Å². The molecule has 0 aliphatic carbocycles. The van der Waals surface area contributed by atoms with Gasteiger partial charge in [-0.3, -0.25) is 14.4 Å². The highest BCUT2D eigenvalue weighted by Gasteiger charge is 2.14. The number of carbonyl (C=O) groups excluding carboxylic acids is 3. The molecule has 0 aromatic heterocycles. The number of benzene rings is 2. The summed E-state index contributed by atoms with van der Waals surface area (Å²) in [7, 11) is 1.26. The van der Waals surface area contributed by atoms with Crippen molar-refractivity contribution in [3.05, 3.63) is 54.1 Å². The molecule has 27 heavy (non-hydrogen) atoms. The SMILES string of the molecule is CCOc1ccc(NC(=O)c2ccccc2NC(=O)CCC(=O)OC)cc1. The average Bonchev–Trinajstić information content (AvgIpc) is 2.68. The van der Waals surface area contributed by atoms with Crippen LogP contribution in [-0.4, -0.2) is 31.5 Å². The average molecular weight is 370 g/mol. The summed E-state index contributed by atoms with van der Waals surface area (Å²) in [4.78, 5) is 35.7. The van der Waals surface area contributed by atoms with Gasteiger partial charge in [-0.25, -0.2) is 0 Å². The van der Waals surface area contributed by atoms with Crippen molar-refractivity contribution in [2.75, 3.05) is 24.4 Å². The van der Waals surface area contributed by atoms with Crippen LogP contribution in [0.4, 0.5) is 11.4 Å². The second kappa shape index (κ2) is 9.96. The molecule has 7 nitrogen and oxygen atoms in total. The number of rotatable bonds is 8. The van der Waals surface area contributed by atoms with E-state index in [1.807, 2.05) is 6.92 Å². The fourth-order valence-corrected chi connectivity index (χ4v) is 2.32. The molecule has 142 valence electrons. The predicted molar refractivity (Wildman–Crippen MR) is 102 cm³/mol. The topological polar surface area (TPSA) is 93.7 Å². The Hall–Kier alpha value is -3.35. The molecule has 0 aliphatic heterocycles. The Labute approximate surface area is 157 Å². The van der Waals surface area contributed by atoms with Gasteiger partial charge in [-0.1, -0.05) is 12.1 Å². The lowest BCUT2D eigenvalue weighted by atomic mass is 10.1. The Morgan fingerprint density at radius 1 is 0.926 bits per heavy atom. The normalized spacial score (nSPS) is 10.0. The van der Waals surface area contributed by atoms with E-state index in [0.717, 1.165) is 0 Å². The van der Waals surface area contributed by atoms with Crippen LogP contribution in [0.5, 0.6) is 5.75 Å². The van der Waals surface area contributed by atoms with Gasteiger partial charge in [0.1, 0.15) is 5.75 Å². The molecule has 0 aliphatic rings. The second-order valence-corrected chi connectivity index (χ2v) is 5.58. The van der Waals surface area contributed by atoms with Crippen LogP contribution in [0.3, 0.4) is 0 Å². The van der Waals surface area contributed by atoms with Crippen molar-refractivity contribution in [3.63, 3.8) is 0 Å². The lowest BCUT2D eigenvalue weighted by Gasteiger charge is -2.12. The summed E-state index contributed by atoms with van der Waals surface area (Å²) in [5, 5.41) is 5.44. The lowest BCUT2D eigenvalue weighted by molar-refractivity contribution is -0.141. The molecule has 0 heterocycles. The van der Waals surface area contributed by atoms with E-state index in [1.165, 1.54) is 7.11 Å². The minimum absolute atomic E-state index is 0.0249. The van der Waals surface area contributed by atoms with Crippen LogP contribution < -0.4 is 15.4 Å². The van der Waals surface area contributed by atoms with Gasteiger partial charge in [0.2, 0.25) is 5.91 Å². The maximum atomic E-state index is 12.6. The van der Waals surface area contributed by atoms with E-state index in [-0.39, 0.29) is 24.7 Å². The molecule has 2 N–H and O–H groups in total. The molecule has 0 saturated carbocycles. The van der Waals surface area contributed by atoms with Gasteiger partial charge in [-0.05, 0) is 43.3 Å². The molecule has 0 radical (unpaired) electrons. The Kier molecular flexibility index (Phi) is 7.37. The molecule has 0 unspecified atom stereocenters. The summed E-state index contributed by atoms with van der Waals surface area (Å²) in [6.07, 6.45) is -0.0512. The molecule has 0 spiro atoms. The Morgan fingerprint density at radius 2 is 1.63 bits per heavy atom. The van der Waals surface area contributed by atoms with E-state index in [4.69, 9.17) is 4.74 Å². The van der Waals surface area contributed by atoms with Crippen LogP contribution in [0.2, 0.25) is 0 Å². The predicted octanol–water partition coefficient (Wildman–Crippen LogP) is 3.23. The molecule has 0 bridgehead atoms. The van der Waals surface area contributed by atoms with Crippen LogP contribution in [0, 0.1) is 0 Å². The van der Waals surface area contributed by atoms with Gasteiger partial charge in [0, 0.05) is 12.1 Å². The molecule has 0 saturated heterocycles. The number of hydrogen-bond donors (Lipinski definition) is 2. The molecule has 2 amide bonds. The van der Waals surface area contributed by atoms with Gasteiger partial charge in [0.05, 0.1) is 31.4 Å². The van der Waals surface area contributed by atoms with Gasteiger partial charge in [-0.15, -0.1) is 0 Å². The van der Waals surface area contributed by atoms with Crippen LogP contribution in [0.1, 0.15) is 30.1 Å². The zero-order chi connectivity index (χ0) is 19.6. The van der Waals surface area contributed by atoms with Gasteiger partial charge in [-0.2, -0.15) is 0 Å². The standard InChI is InChI=1S/C20H22N2O5/c1-3-27-15-10-8-14(9-11-15)21-20(25)16-6-4-5-7-17(16)22-18(23)12-13-19(24)26-2/h4-11H,3,12-13H2,1-2H3,(H,21,25)(H,22,23). The minimum Gasteiger partial charge on any atom is -0.494 e. The van der Waals surface area contributed by atoms with Crippen molar-refractivity contribution < 1.29 is 23.9 Å². The number of esters is 1. The van der Waals surface area contributed by atoms with E-state index in [0.29, 0.717) is 29.3 Å². The van der Waals surface area contributed by atoms with Crippen molar-refractivity contribution in [1.29, 1.82) is 0 Å². The van der Waals surface area contributed by atoms with E-state index in [2.05, 4.69) is 15.4 Å². The zero-order valence-electron chi connectivity index (χ0n) is 15.3. The van der Waals surface area contributed by atoms with Crippen LogP contribution in [0.15, 0.2) is 48.5 Å². The largest absolute Gasteiger partial charge is 0.494 e. The van der Waals surface area contributed by atoms with E-state index < -0.39 is 5.97 Å². The molecule has 0 atom stereocenters. The lowest BCUT2D eigenvalue weighted by Crippen LogP contribution is -2.18. The Balaban J connectivity index is 2.04. The first-order valence-corrected chi connectivity index (χ1v) is 8.53. The molecular weight excluding hydrogens is 348 g/mol. The Bertz CT molecular complexity index is 802. The fraction of sp³-hybridized carbons (Fsp3) is 0.250. The maximum absolute atomic E-state index is 12.6. The number of methoxy groups -OCH3 is 1. The number of amides is 2. The van der Waals surface area contributed by atoms with E-state index >= 15 is 0 Å². The van der Waals surface area contributed by atoms with Crippen LogP contribution >= 0.6 is 0 Å². The number of ether oxygens (including phenoxy) is 2. The number of hydrogen-bond acceptors (Lipinski definition) is 5. The first-order chi connectivity index (χ1) is 13.0. The summed E-state index contributed by atoms with van der Waals surface area (Å²) < 4.78 is 9.88. The summed E-state index contributed by atoms with van der Waals surface area (Å²) in [5.74, 6) is -0.481. The smallest absolute Gasteiger partial charge is 0.306 e. The second-order valence-electron chi connectivity index (χ2n) is 5.58. The van der Waals surface area contributed by atoms with Crippen molar-refractivity contribution >= 4 is 29.2 Å². The molecule has 7 heteroatoms. The number of nitrogens with one attached hydrogen (secondary N) is 2. The zero-order valence-corrected chi connectivity index (χ0v) is 15.3. The summed E-state index contributed by atoms with van der Waals surface area (Å²) in [6, 6.07) is 13.7. The molecular formula is C20H22N2O5. The van der Waals surface area contributed by atoms with Crippen LogP contribution in [-0.2, 0) is 14.3 Å². The highest BCUT2D eigenvalue weighted by atomic mass is 16.5. The number of carbonyl (C=O) groups is 3. The molecule has 2 rings (SSSR count). The number of para-hydroxylation sites is 1. The first-order valence-electron chi connectivity index (χ1n) is 8.53. The molecule has 0 fully saturated rings. The fourth-order valence-electron chi connectivity index (χ4n) is 2.32. The van der Waals surface area contributed by atoms with Crippen molar-refractivity contribution in [2.24, 2.45) is 0 Å². The van der Waals surface area contributed by atoms with Crippen molar-refractivity contribution in [2.45, 2.75) is 19.8 Å². The summed E-state index contributed by atoms with van der Waals surface area (Å²) in [5.41, 5.74) is 1.30. The molecule has 2 aromatic rings. The quantitative estimate of drug-likeness (QED) is 0.696. The Morgan fingerprint density at radius 3 is 2.30 bits per heavy atom. The summed E-state index contributed by atoms with van der Waals surface area (Å²) >= 11 is 0.